The third-order valence-corrected chi connectivity index (χ3v) is 3.39. The molecule has 1 aromatic heterocycles. The summed E-state index contributed by atoms with van der Waals surface area (Å²) in [5.41, 5.74) is 0. The van der Waals surface area contributed by atoms with E-state index in [1.165, 1.54) is 0 Å². The van der Waals surface area contributed by atoms with Crippen LogP contribution in [0.4, 0.5) is 5.82 Å². The van der Waals surface area contributed by atoms with Gasteiger partial charge in [-0.25, -0.2) is 4.98 Å². The van der Waals surface area contributed by atoms with Crippen LogP contribution in [0, 0.1) is 5.92 Å². The van der Waals surface area contributed by atoms with Gasteiger partial charge in [0.15, 0.2) is 5.78 Å². The Bertz CT molecular complexity index is 471. The second-order valence-corrected chi connectivity index (χ2v) is 4.62. The summed E-state index contributed by atoms with van der Waals surface area (Å²) in [6, 6.07) is 0. The minimum atomic E-state index is -0.770. The Hall–Kier alpha value is -1.85. The highest BCUT2D eigenvalue weighted by Gasteiger charge is 2.30. The average Bonchev–Trinajstić information content (AvgIpc) is 2.88. The van der Waals surface area contributed by atoms with E-state index in [1.807, 2.05) is 15.7 Å². The zero-order chi connectivity index (χ0) is 12.0. The number of nitrogens with zero attached hydrogens (tertiary/aromatic N) is 3. The standard InChI is InChI=1S/C11H13N3O3/c15-8-1-2-13(5-8)10-6-14-4-7(11(16)17)3-9(14)12-10/h6-7H,1-5H2,(H,16,17). The van der Waals surface area contributed by atoms with E-state index in [9.17, 15) is 9.59 Å². The molecule has 3 heterocycles. The van der Waals surface area contributed by atoms with E-state index >= 15 is 0 Å². The van der Waals surface area contributed by atoms with E-state index in [4.69, 9.17) is 5.11 Å². The minimum Gasteiger partial charge on any atom is -0.481 e. The molecule has 2 aliphatic heterocycles. The number of anilines is 1. The van der Waals surface area contributed by atoms with Gasteiger partial charge in [0.25, 0.3) is 0 Å². The molecule has 0 amide bonds. The lowest BCUT2D eigenvalue weighted by Gasteiger charge is -2.12. The largest absolute Gasteiger partial charge is 0.481 e. The van der Waals surface area contributed by atoms with Gasteiger partial charge in [-0.15, -0.1) is 0 Å². The number of carbonyl (C=O) groups excluding carboxylic acids is 1. The van der Waals surface area contributed by atoms with Crippen molar-refractivity contribution in [3.8, 4) is 0 Å². The van der Waals surface area contributed by atoms with Crippen LogP contribution < -0.4 is 4.90 Å². The van der Waals surface area contributed by atoms with Gasteiger partial charge in [-0.1, -0.05) is 0 Å². The fourth-order valence-corrected chi connectivity index (χ4v) is 2.43. The third-order valence-electron chi connectivity index (χ3n) is 3.39. The maximum Gasteiger partial charge on any atom is 0.308 e. The molecular formula is C11H13N3O3. The Morgan fingerprint density at radius 2 is 2.35 bits per heavy atom. The Balaban J connectivity index is 1.78. The zero-order valence-electron chi connectivity index (χ0n) is 9.30. The first-order valence-corrected chi connectivity index (χ1v) is 5.69. The summed E-state index contributed by atoms with van der Waals surface area (Å²) in [6.45, 7) is 1.63. The highest BCUT2D eigenvalue weighted by Crippen LogP contribution is 2.25. The van der Waals surface area contributed by atoms with E-state index in [2.05, 4.69) is 4.98 Å². The Morgan fingerprint density at radius 3 is 2.94 bits per heavy atom. The van der Waals surface area contributed by atoms with Crippen LogP contribution in [0.15, 0.2) is 6.20 Å². The van der Waals surface area contributed by atoms with Crippen LogP contribution in [0.1, 0.15) is 12.2 Å². The number of aromatic nitrogens is 2. The number of carbonyl (C=O) groups is 2. The normalized spacial score (nSPS) is 23.2. The maximum atomic E-state index is 11.2. The molecule has 6 nitrogen and oxygen atoms in total. The molecule has 1 N–H and O–H groups in total. The molecule has 6 heteroatoms. The molecule has 0 bridgehead atoms. The summed E-state index contributed by atoms with van der Waals surface area (Å²) in [6.07, 6.45) is 2.92. The van der Waals surface area contributed by atoms with E-state index in [0.717, 1.165) is 18.2 Å². The predicted octanol–water partition coefficient (Wildman–Crippen LogP) is -0.0808. The molecule has 0 aliphatic carbocycles. The van der Waals surface area contributed by atoms with Crippen molar-refractivity contribution in [3.63, 3.8) is 0 Å². The van der Waals surface area contributed by atoms with E-state index in [1.54, 1.807) is 0 Å². The SMILES string of the molecule is O=C1CCN(c2cn3c(n2)CC(C(=O)O)C3)C1. The molecule has 17 heavy (non-hydrogen) atoms. The predicted molar refractivity (Wildman–Crippen MR) is 58.9 cm³/mol. The van der Waals surface area contributed by atoms with E-state index in [0.29, 0.717) is 25.9 Å². The number of Topliss-reactive ketones (excluding diaryl/α,β-unsaturated/α-hetero) is 1. The molecule has 0 spiro atoms. The molecule has 1 fully saturated rings. The van der Waals surface area contributed by atoms with Gasteiger partial charge in [0.2, 0.25) is 0 Å². The summed E-state index contributed by atoms with van der Waals surface area (Å²) in [7, 11) is 0. The van der Waals surface area contributed by atoms with Gasteiger partial charge < -0.3 is 14.6 Å². The molecular weight excluding hydrogens is 222 g/mol. The summed E-state index contributed by atoms with van der Waals surface area (Å²) >= 11 is 0. The number of rotatable bonds is 2. The molecule has 2 aliphatic rings. The highest BCUT2D eigenvalue weighted by atomic mass is 16.4. The molecule has 0 saturated carbocycles. The van der Waals surface area contributed by atoms with Gasteiger partial charge in [-0.3, -0.25) is 9.59 Å². The van der Waals surface area contributed by atoms with Gasteiger partial charge in [-0.05, 0) is 0 Å². The van der Waals surface area contributed by atoms with Crippen molar-refractivity contribution in [2.24, 2.45) is 5.92 Å². The Morgan fingerprint density at radius 1 is 1.53 bits per heavy atom. The number of fused-ring (bicyclic) bond motifs is 1. The number of imidazole rings is 1. The zero-order valence-corrected chi connectivity index (χ0v) is 9.30. The van der Waals surface area contributed by atoms with Crippen molar-refractivity contribution in [2.45, 2.75) is 19.4 Å². The van der Waals surface area contributed by atoms with Crippen LogP contribution in [0.25, 0.3) is 0 Å². The van der Waals surface area contributed by atoms with Crippen LogP contribution in [-0.4, -0.2) is 39.5 Å². The van der Waals surface area contributed by atoms with Gasteiger partial charge in [0, 0.05) is 32.1 Å². The van der Waals surface area contributed by atoms with Crippen molar-refractivity contribution < 1.29 is 14.7 Å². The van der Waals surface area contributed by atoms with Crippen molar-refractivity contribution >= 4 is 17.6 Å². The van der Waals surface area contributed by atoms with Gasteiger partial charge in [0.05, 0.1) is 12.5 Å². The second-order valence-electron chi connectivity index (χ2n) is 4.62. The van der Waals surface area contributed by atoms with Crippen LogP contribution in [-0.2, 0) is 22.6 Å². The number of carboxylic acid groups (broad SMARTS) is 1. The molecule has 1 unspecified atom stereocenters. The topological polar surface area (TPSA) is 75.4 Å². The van der Waals surface area contributed by atoms with Gasteiger partial charge >= 0.3 is 5.97 Å². The molecule has 1 saturated heterocycles. The number of hydrogen-bond donors (Lipinski definition) is 1. The fraction of sp³-hybridized carbons (Fsp3) is 0.545. The first-order valence-electron chi connectivity index (χ1n) is 5.69. The summed E-state index contributed by atoms with van der Waals surface area (Å²) in [5.74, 6) is 0.725. The van der Waals surface area contributed by atoms with Crippen LogP contribution in [0.2, 0.25) is 0 Å². The number of hydrogen-bond acceptors (Lipinski definition) is 4. The van der Waals surface area contributed by atoms with Crippen molar-refractivity contribution in [2.75, 3.05) is 18.0 Å². The summed E-state index contributed by atoms with van der Waals surface area (Å²) < 4.78 is 1.89. The molecule has 3 rings (SSSR count). The first-order chi connectivity index (χ1) is 8.13. The monoisotopic (exact) mass is 235 g/mol. The summed E-state index contributed by atoms with van der Waals surface area (Å²) in [4.78, 5) is 28.4. The highest BCUT2D eigenvalue weighted by molar-refractivity contribution is 5.86. The third kappa shape index (κ3) is 1.69. The number of carboxylic acids is 1. The van der Waals surface area contributed by atoms with Crippen molar-refractivity contribution in [1.82, 2.24) is 9.55 Å². The Kier molecular flexibility index (Phi) is 2.17. The quantitative estimate of drug-likeness (QED) is 0.776. The lowest BCUT2D eigenvalue weighted by molar-refractivity contribution is -0.141. The number of ketones is 1. The molecule has 0 radical (unpaired) electrons. The van der Waals surface area contributed by atoms with Crippen LogP contribution in [0.5, 0.6) is 0 Å². The fourth-order valence-electron chi connectivity index (χ4n) is 2.43. The van der Waals surface area contributed by atoms with Crippen LogP contribution >= 0.6 is 0 Å². The lowest BCUT2D eigenvalue weighted by atomic mass is 10.1. The maximum absolute atomic E-state index is 11.2. The van der Waals surface area contributed by atoms with Gasteiger partial charge in [0.1, 0.15) is 11.6 Å². The molecule has 0 aromatic carbocycles. The molecule has 1 atom stereocenters. The first kappa shape index (κ1) is 10.3. The lowest BCUT2D eigenvalue weighted by Crippen LogP contribution is -2.20. The minimum absolute atomic E-state index is 0.238. The smallest absolute Gasteiger partial charge is 0.308 e. The number of aliphatic carboxylic acids is 1. The summed E-state index contributed by atoms with van der Waals surface area (Å²) in [5, 5.41) is 8.92. The van der Waals surface area contributed by atoms with E-state index < -0.39 is 5.97 Å². The van der Waals surface area contributed by atoms with Crippen LogP contribution in [0.3, 0.4) is 0 Å². The second kappa shape index (κ2) is 3.58. The average molecular weight is 235 g/mol. The van der Waals surface area contributed by atoms with E-state index in [-0.39, 0.29) is 11.7 Å². The van der Waals surface area contributed by atoms with Gasteiger partial charge in [-0.2, -0.15) is 0 Å². The van der Waals surface area contributed by atoms with Crippen molar-refractivity contribution in [1.29, 1.82) is 0 Å². The molecule has 90 valence electrons. The van der Waals surface area contributed by atoms with Crippen molar-refractivity contribution in [3.05, 3.63) is 12.0 Å². The Labute approximate surface area is 97.9 Å². The molecule has 1 aromatic rings.